The Morgan fingerprint density at radius 1 is 0.810 bits per heavy atom. The first-order valence-electron chi connectivity index (χ1n) is 7.67. The van der Waals surface area contributed by atoms with Crippen molar-refractivity contribution in [3.05, 3.63) is 71.3 Å². The summed E-state index contributed by atoms with van der Waals surface area (Å²) in [5, 5.41) is 0. The summed E-state index contributed by atoms with van der Waals surface area (Å²) in [6.07, 6.45) is 2.54. The van der Waals surface area contributed by atoms with Gasteiger partial charge in [-0.05, 0) is 68.7 Å². The normalized spacial score (nSPS) is 16.2. The van der Waals surface area contributed by atoms with Crippen LogP contribution in [0, 0.1) is 11.8 Å². The zero-order valence-electron chi connectivity index (χ0n) is 12.5. The van der Waals surface area contributed by atoms with Crippen molar-refractivity contribution in [1.29, 1.82) is 0 Å². The van der Waals surface area contributed by atoms with Crippen LogP contribution in [-0.4, -0.2) is 25.0 Å². The molecule has 0 atom stereocenters. The van der Waals surface area contributed by atoms with Crippen LogP contribution in [0.1, 0.15) is 35.4 Å². The van der Waals surface area contributed by atoms with E-state index in [2.05, 4.69) is 48.1 Å². The van der Waals surface area contributed by atoms with Crippen LogP contribution in [0.25, 0.3) is 0 Å². The van der Waals surface area contributed by atoms with E-state index in [4.69, 9.17) is 0 Å². The van der Waals surface area contributed by atoms with Gasteiger partial charge in [0, 0.05) is 11.1 Å². The second-order valence-electron chi connectivity index (χ2n) is 5.82. The highest BCUT2D eigenvalue weighted by atomic mass is 15.1. The molecule has 1 heteroatoms. The molecule has 0 N–H and O–H groups in total. The zero-order chi connectivity index (χ0) is 14.5. The van der Waals surface area contributed by atoms with E-state index in [9.17, 15) is 0 Å². The third-order valence-corrected chi connectivity index (χ3v) is 4.23. The van der Waals surface area contributed by atoms with Crippen LogP contribution in [0.3, 0.4) is 0 Å². The van der Waals surface area contributed by atoms with Crippen LogP contribution in [0.5, 0.6) is 0 Å². The smallest absolute Gasteiger partial charge is 0.0249 e. The highest BCUT2D eigenvalue weighted by Gasteiger charge is 2.17. The van der Waals surface area contributed by atoms with Crippen molar-refractivity contribution >= 4 is 0 Å². The fraction of sp³-hybridized carbons (Fsp3) is 0.300. The Bertz CT molecular complexity index is 623. The lowest BCUT2D eigenvalue weighted by Crippen LogP contribution is -2.29. The van der Waals surface area contributed by atoms with E-state index in [0.29, 0.717) is 0 Å². The van der Waals surface area contributed by atoms with E-state index in [0.717, 1.165) is 17.0 Å². The van der Waals surface area contributed by atoms with E-state index in [1.54, 1.807) is 0 Å². The van der Waals surface area contributed by atoms with Gasteiger partial charge in [-0.25, -0.2) is 0 Å². The molecule has 1 nitrogen and oxygen atoms in total. The van der Waals surface area contributed by atoms with Crippen molar-refractivity contribution in [3.63, 3.8) is 0 Å². The minimum absolute atomic E-state index is 0.720. The molecule has 2 aromatic carbocycles. The first-order valence-corrected chi connectivity index (χ1v) is 7.67. The van der Waals surface area contributed by atoms with E-state index in [1.807, 2.05) is 30.3 Å². The molecule has 0 bridgehead atoms. The van der Waals surface area contributed by atoms with Crippen molar-refractivity contribution in [2.24, 2.45) is 0 Å². The maximum atomic E-state index is 3.24. The van der Waals surface area contributed by atoms with Gasteiger partial charge >= 0.3 is 0 Å². The van der Waals surface area contributed by atoms with Crippen LogP contribution in [-0.2, 0) is 0 Å². The summed E-state index contributed by atoms with van der Waals surface area (Å²) in [4.78, 5) is 2.41. The molecule has 3 rings (SSSR count). The van der Waals surface area contributed by atoms with Gasteiger partial charge in [0.15, 0.2) is 0 Å². The number of hydrogen-bond donors (Lipinski definition) is 0. The Balaban J connectivity index is 1.69. The minimum Gasteiger partial charge on any atom is -0.306 e. The van der Waals surface area contributed by atoms with Gasteiger partial charge in [0.25, 0.3) is 0 Å². The molecule has 0 unspecified atom stereocenters. The average Bonchev–Trinajstić information content (AvgIpc) is 2.55. The lowest BCUT2D eigenvalue weighted by Gasteiger charge is -2.29. The molecular weight excluding hydrogens is 254 g/mol. The van der Waals surface area contributed by atoms with Gasteiger partial charge in [-0.2, -0.15) is 0 Å². The van der Waals surface area contributed by atoms with Crippen LogP contribution >= 0.6 is 0 Å². The number of benzene rings is 2. The standard InChI is InChI=1S/C20H21N/c1-21-15-13-20(14-16-21)19-11-9-18(10-12-19)8-7-17-5-3-2-4-6-17/h2-6,9-12,20H,13-16H2,1H3. The van der Waals surface area contributed by atoms with Gasteiger partial charge in [-0.3, -0.25) is 0 Å². The maximum absolute atomic E-state index is 3.24. The predicted molar refractivity (Wildman–Crippen MR) is 88.3 cm³/mol. The third kappa shape index (κ3) is 3.74. The highest BCUT2D eigenvalue weighted by molar-refractivity contribution is 5.43. The average molecular weight is 275 g/mol. The highest BCUT2D eigenvalue weighted by Crippen LogP contribution is 2.27. The summed E-state index contributed by atoms with van der Waals surface area (Å²) in [6.45, 7) is 2.42. The molecule has 0 saturated carbocycles. The second-order valence-corrected chi connectivity index (χ2v) is 5.82. The first-order chi connectivity index (χ1) is 10.3. The Kier molecular flexibility index (Phi) is 4.38. The fourth-order valence-corrected chi connectivity index (χ4v) is 2.85. The second kappa shape index (κ2) is 6.61. The van der Waals surface area contributed by atoms with Crippen molar-refractivity contribution in [2.75, 3.05) is 20.1 Å². The molecule has 0 spiro atoms. The monoisotopic (exact) mass is 275 g/mol. The number of likely N-dealkylation sites (tertiary alicyclic amines) is 1. The molecule has 1 fully saturated rings. The van der Waals surface area contributed by atoms with Gasteiger partial charge in [0.05, 0.1) is 0 Å². The molecule has 1 saturated heterocycles. The van der Waals surface area contributed by atoms with Gasteiger partial charge < -0.3 is 4.90 Å². The lowest BCUT2D eigenvalue weighted by molar-refractivity contribution is 0.255. The topological polar surface area (TPSA) is 3.24 Å². The number of nitrogens with zero attached hydrogens (tertiary/aromatic N) is 1. The Morgan fingerprint density at radius 2 is 1.38 bits per heavy atom. The summed E-state index contributed by atoms with van der Waals surface area (Å²) in [6, 6.07) is 19.0. The summed E-state index contributed by atoms with van der Waals surface area (Å²) in [5.74, 6) is 7.17. The molecule has 1 aliphatic heterocycles. The van der Waals surface area contributed by atoms with Gasteiger partial charge in [0.2, 0.25) is 0 Å². The Labute approximate surface area is 127 Å². The van der Waals surface area contributed by atoms with Crippen molar-refractivity contribution < 1.29 is 0 Å². The van der Waals surface area contributed by atoms with Gasteiger partial charge in [-0.1, -0.05) is 42.2 Å². The van der Waals surface area contributed by atoms with Crippen LogP contribution in [0.2, 0.25) is 0 Å². The van der Waals surface area contributed by atoms with Crippen molar-refractivity contribution in [1.82, 2.24) is 4.90 Å². The van der Waals surface area contributed by atoms with Crippen molar-refractivity contribution in [3.8, 4) is 11.8 Å². The molecule has 2 aromatic rings. The predicted octanol–water partition coefficient (Wildman–Crippen LogP) is 3.90. The minimum atomic E-state index is 0.720. The zero-order valence-corrected chi connectivity index (χ0v) is 12.5. The summed E-state index contributed by atoms with van der Waals surface area (Å²) < 4.78 is 0. The first kappa shape index (κ1) is 13.9. The molecule has 0 radical (unpaired) electrons. The molecule has 1 heterocycles. The molecule has 0 aliphatic carbocycles. The van der Waals surface area contributed by atoms with E-state index in [-0.39, 0.29) is 0 Å². The van der Waals surface area contributed by atoms with E-state index in [1.165, 1.54) is 31.5 Å². The Morgan fingerprint density at radius 3 is 2.00 bits per heavy atom. The van der Waals surface area contributed by atoms with Crippen LogP contribution < -0.4 is 0 Å². The molecular formula is C20H21N. The molecule has 106 valence electrons. The van der Waals surface area contributed by atoms with Gasteiger partial charge in [-0.15, -0.1) is 0 Å². The SMILES string of the molecule is CN1CCC(c2ccc(C#Cc3ccccc3)cc2)CC1. The molecule has 0 amide bonds. The Hall–Kier alpha value is -2.04. The summed E-state index contributed by atoms with van der Waals surface area (Å²) in [5.41, 5.74) is 3.63. The summed E-state index contributed by atoms with van der Waals surface area (Å²) in [7, 11) is 2.21. The fourth-order valence-electron chi connectivity index (χ4n) is 2.85. The maximum Gasteiger partial charge on any atom is 0.0249 e. The molecule has 21 heavy (non-hydrogen) atoms. The van der Waals surface area contributed by atoms with Gasteiger partial charge in [0.1, 0.15) is 0 Å². The number of hydrogen-bond acceptors (Lipinski definition) is 1. The molecule has 1 aliphatic rings. The summed E-state index contributed by atoms with van der Waals surface area (Å²) >= 11 is 0. The molecule has 0 aromatic heterocycles. The lowest BCUT2D eigenvalue weighted by atomic mass is 9.89. The van der Waals surface area contributed by atoms with E-state index >= 15 is 0 Å². The largest absolute Gasteiger partial charge is 0.306 e. The van der Waals surface area contributed by atoms with E-state index < -0.39 is 0 Å². The quantitative estimate of drug-likeness (QED) is 0.714. The third-order valence-electron chi connectivity index (χ3n) is 4.23. The van der Waals surface area contributed by atoms with Crippen LogP contribution in [0.15, 0.2) is 54.6 Å². The number of piperidine rings is 1. The van der Waals surface area contributed by atoms with Crippen LogP contribution in [0.4, 0.5) is 0 Å². The number of rotatable bonds is 1. The van der Waals surface area contributed by atoms with Crippen molar-refractivity contribution in [2.45, 2.75) is 18.8 Å².